The Hall–Kier alpha value is -0.220. The van der Waals surface area contributed by atoms with E-state index in [1.54, 1.807) is 11.8 Å². The lowest BCUT2D eigenvalue weighted by Crippen LogP contribution is -2.42. The van der Waals surface area contributed by atoms with Crippen LogP contribution in [0.25, 0.3) is 0 Å². The molecule has 1 unspecified atom stereocenters. The van der Waals surface area contributed by atoms with Gasteiger partial charge in [0.2, 0.25) is 5.91 Å². The first-order chi connectivity index (χ1) is 8.09. The number of rotatable bonds is 6. The second kappa shape index (κ2) is 7.27. The van der Waals surface area contributed by atoms with Crippen molar-refractivity contribution in [2.45, 2.75) is 63.5 Å². The quantitative estimate of drug-likeness (QED) is 0.769. The second-order valence-corrected chi connectivity index (χ2v) is 6.00. The van der Waals surface area contributed by atoms with Crippen LogP contribution < -0.4 is 5.32 Å². The number of amides is 1. The van der Waals surface area contributed by atoms with E-state index < -0.39 is 5.60 Å². The molecule has 2 N–H and O–H groups in total. The maximum atomic E-state index is 11.9. The third kappa shape index (κ3) is 5.30. The average molecular weight is 259 g/mol. The first-order valence-electron chi connectivity index (χ1n) is 6.60. The van der Waals surface area contributed by atoms with Crippen molar-refractivity contribution >= 4 is 17.7 Å². The standard InChI is InChI=1S/C13H25NO2S/c1-3-11(10-17-2)14-12(15)9-13(16)7-5-4-6-8-13/h11,16H,3-10H2,1-2H3,(H,14,15). The highest BCUT2D eigenvalue weighted by Gasteiger charge is 2.31. The normalized spacial score (nSPS) is 20.9. The summed E-state index contributed by atoms with van der Waals surface area (Å²) in [5.74, 6) is 0.955. The molecule has 0 heterocycles. The number of carbonyl (C=O) groups excluding carboxylic acids is 1. The maximum absolute atomic E-state index is 11.9. The van der Waals surface area contributed by atoms with Crippen LogP contribution in [0.3, 0.4) is 0 Å². The summed E-state index contributed by atoms with van der Waals surface area (Å²) in [6.45, 7) is 2.08. The molecule has 1 amide bonds. The molecular formula is C13H25NO2S. The number of nitrogens with one attached hydrogen (secondary N) is 1. The summed E-state index contributed by atoms with van der Waals surface area (Å²) in [5.41, 5.74) is -0.736. The molecule has 100 valence electrons. The molecule has 3 nitrogen and oxygen atoms in total. The molecular weight excluding hydrogens is 234 g/mol. The monoisotopic (exact) mass is 259 g/mol. The van der Waals surface area contributed by atoms with Gasteiger partial charge in [0.1, 0.15) is 0 Å². The van der Waals surface area contributed by atoms with Gasteiger partial charge in [0.05, 0.1) is 12.0 Å². The van der Waals surface area contributed by atoms with Crippen molar-refractivity contribution in [1.29, 1.82) is 0 Å². The van der Waals surface area contributed by atoms with E-state index in [-0.39, 0.29) is 18.4 Å². The molecule has 0 aromatic carbocycles. The minimum absolute atomic E-state index is 0.00954. The Bertz CT molecular complexity index is 240. The summed E-state index contributed by atoms with van der Waals surface area (Å²) in [6.07, 6.45) is 8.11. The van der Waals surface area contributed by atoms with Crippen LogP contribution in [0.5, 0.6) is 0 Å². The highest BCUT2D eigenvalue weighted by molar-refractivity contribution is 7.98. The van der Waals surface area contributed by atoms with Gasteiger partial charge < -0.3 is 10.4 Å². The van der Waals surface area contributed by atoms with E-state index in [4.69, 9.17) is 0 Å². The van der Waals surface area contributed by atoms with E-state index in [0.717, 1.165) is 37.9 Å². The van der Waals surface area contributed by atoms with Crippen molar-refractivity contribution in [3.63, 3.8) is 0 Å². The van der Waals surface area contributed by atoms with Gasteiger partial charge in [-0.05, 0) is 25.5 Å². The van der Waals surface area contributed by atoms with E-state index >= 15 is 0 Å². The second-order valence-electron chi connectivity index (χ2n) is 5.09. The summed E-state index contributed by atoms with van der Waals surface area (Å²) >= 11 is 1.74. The van der Waals surface area contributed by atoms with E-state index in [1.807, 2.05) is 6.26 Å². The van der Waals surface area contributed by atoms with Gasteiger partial charge in [-0.3, -0.25) is 4.79 Å². The first kappa shape index (κ1) is 14.8. The predicted molar refractivity (Wildman–Crippen MR) is 73.3 cm³/mol. The Kier molecular flexibility index (Phi) is 6.34. The van der Waals surface area contributed by atoms with Gasteiger partial charge in [-0.25, -0.2) is 0 Å². The molecule has 1 rings (SSSR count). The highest BCUT2D eigenvalue weighted by atomic mass is 32.2. The van der Waals surface area contributed by atoms with Crippen molar-refractivity contribution in [1.82, 2.24) is 5.32 Å². The molecule has 17 heavy (non-hydrogen) atoms. The summed E-state index contributed by atoms with van der Waals surface area (Å²) in [7, 11) is 0. The van der Waals surface area contributed by atoms with Gasteiger partial charge in [-0.2, -0.15) is 11.8 Å². The Morgan fingerprint density at radius 2 is 2.06 bits per heavy atom. The molecule has 1 atom stereocenters. The summed E-state index contributed by atoms with van der Waals surface area (Å²) in [5, 5.41) is 13.3. The molecule has 0 saturated heterocycles. The zero-order chi connectivity index (χ0) is 12.7. The smallest absolute Gasteiger partial charge is 0.223 e. The Balaban J connectivity index is 2.36. The van der Waals surface area contributed by atoms with Crippen LogP contribution in [0.2, 0.25) is 0 Å². The minimum Gasteiger partial charge on any atom is -0.389 e. The third-order valence-corrected chi connectivity index (χ3v) is 4.24. The van der Waals surface area contributed by atoms with Crippen molar-refractivity contribution < 1.29 is 9.90 Å². The van der Waals surface area contributed by atoms with Crippen LogP contribution in [0.1, 0.15) is 51.9 Å². The molecule has 1 fully saturated rings. The van der Waals surface area contributed by atoms with Crippen molar-refractivity contribution in [2.24, 2.45) is 0 Å². The van der Waals surface area contributed by atoms with Gasteiger partial charge in [-0.1, -0.05) is 26.2 Å². The lowest BCUT2D eigenvalue weighted by molar-refractivity contribution is -0.128. The number of hydrogen-bond donors (Lipinski definition) is 2. The minimum atomic E-state index is -0.736. The number of aliphatic hydroxyl groups is 1. The lowest BCUT2D eigenvalue weighted by Gasteiger charge is -2.32. The Morgan fingerprint density at radius 1 is 1.41 bits per heavy atom. The molecule has 1 aliphatic rings. The topological polar surface area (TPSA) is 49.3 Å². The molecule has 4 heteroatoms. The first-order valence-corrected chi connectivity index (χ1v) is 7.99. The molecule has 0 radical (unpaired) electrons. The molecule has 0 bridgehead atoms. The number of thioether (sulfide) groups is 1. The fourth-order valence-electron chi connectivity index (χ4n) is 2.43. The predicted octanol–water partition coefficient (Wildman–Crippen LogP) is 2.33. The number of hydrogen-bond acceptors (Lipinski definition) is 3. The molecule has 0 aromatic heterocycles. The van der Waals surface area contributed by atoms with Crippen LogP contribution in [0, 0.1) is 0 Å². The van der Waals surface area contributed by atoms with Crippen LogP contribution in [0.4, 0.5) is 0 Å². The molecule has 0 aliphatic heterocycles. The largest absolute Gasteiger partial charge is 0.389 e. The van der Waals surface area contributed by atoms with Crippen molar-refractivity contribution in [3.05, 3.63) is 0 Å². The summed E-state index contributed by atoms with van der Waals surface area (Å²) in [4.78, 5) is 11.9. The third-order valence-electron chi connectivity index (χ3n) is 3.50. The van der Waals surface area contributed by atoms with Gasteiger partial charge in [0.25, 0.3) is 0 Å². The van der Waals surface area contributed by atoms with Crippen LogP contribution in [-0.2, 0) is 4.79 Å². The fraction of sp³-hybridized carbons (Fsp3) is 0.923. The summed E-state index contributed by atoms with van der Waals surface area (Å²) in [6, 6.07) is 0.240. The van der Waals surface area contributed by atoms with Gasteiger partial charge in [0, 0.05) is 11.8 Å². The van der Waals surface area contributed by atoms with Crippen LogP contribution in [0.15, 0.2) is 0 Å². The van der Waals surface area contributed by atoms with Crippen molar-refractivity contribution in [2.75, 3.05) is 12.0 Å². The van der Waals surface area contributed by atoms with Gasteiger partial charge in [-0.15, -0.1) is 0 Å². The zero-order valence-corrected chi connectivity index (χ0v) is 11.8. The maximum Gasteiger partial charge on any atom is 0.223 e. The van der Waals surface area contributed by atoms with Crippen LogP contribution >= 0.6 is 11.8 Å². The highest BCUT2D eigenvalue weighted by Crippen LogP contribution is 2.30. The van der Waals surface area contributed by atoms with E-state index in [2.05, 4.69) is 12.2 Å². The van der Waals surface area contributed by atoms with Gasteiger partial charge >= 0.3 is 0 Å². The molecule has 0 aromatic rings. The average Bonchev–Trinajstić information content (AvgIpc) is 2.28. The molecule has 0 spiro atoms. The van der Waals surface area contributed by atoms with Gasteiger partial charge in [0.15, 0.2) is 0 Å². The summed E-state index contributed by atoms with van der Waals surface area (Å²) < 4.78 is 0. The van der Waals surface area contributed by atoms with E-state index in [0.29, 0.717) is 0 Å². The fourth-order valence-corrected chi connectivity index (χ4v) is 3.15. The molecule has 1 aliphatic carbocycles. The van der Waals surface area contributed by atoms with E-state index in [9.17, 15) is 9.90 Å². The number of carbonyl (C=O) groups is 1. The Morgan fingerprint density at radius 3 is 2.59 bits per heavy atom. The molecule has 1 saturated carbocycles. The van der Waals surface area contributed by atoms with E-state index in [1.165, 1.54) is 6.42 Å². The van der Waals surface area contributed by atoms with Crippen molar-refractivity contribution in [3.8, 4) is 0 Å². The SMILES string of the molecule is CCC(CSC)NC(=O)CC1(O)CCCCC1. The Labute approximate surface area is 109 Å². The van der Waals surface area contributed by atoms with Crippen LogP contribution in [-0.4, -0.2) is 34.7 Å². The lowest BCUT2D eigenvalue weighted by atomic mass is 9.82. The zero-order valence-electron chi connectivity index (χ0n) is 11.0.